The van der Waals surface area contributed by atoms with Gasteiger partial charge in [0, 0.05) is 28.5 Å². The maximum absolute atomic E-state index is 12.8. The number of carbonyl (C=O) groups excluding carboxylic acids is 1. The lowest BCUT2D eigenvalue weighted by molar-refractivity contribution is 0.0933. The van der Waals surface area contributed by atoms with E-state index in [1.165, 1.54) is 11.1 Å². The van der Waals surface area contributed by atoms with Gasteiger partial charge in [-0.2, -0.15) is 5.10 Å². The number of rotatable bonds is 3. The summed E-state index contributed by atoms with van der Waals surface area (Å²) in [6.45, 7) is 6.31. The van der Waals surface area contributed by atoms with Crippen LogP contribution in [0.25, 0.3) is 11.1 Å². The van der Waals surface area contributed by atoms with Crippen LogP contribution >= 0.6 is 15.9 Å². The molecule has 144 valence electrons. The minimum absolute atomic E-state index is 0.0854. The van der Waals surface area contributed by atoms with Crippen LogP contribution in [0.4, 0.5) is 0 Å². The number of pyridine rings is 1. The molecule has 1 amide bonds. The number of fused-ring (bicyclic) bond motifs is 1. The number of carbonyl (C=O) groups is 1. The van der Waals surface area contributed by atoms with Crippen molar-refractivity contribution in [1.29, 1.82) is 0 Å². The Bertz CT molecular complexity index is 1040. The van der Waals surface area contributed by atoms with Crippen molar-refractivity contribution in [1.82, 2.24) is 20.1 Å². The molecule has 3 aromatic rings. The third kappa shape index (κ3) is 3.87. The number of amides is 1. The maximum Gasteiger partial charge on any atom is 0.270 e. The minimum atomic E-state index is -0.137. The highest BCUT2D eigenvalue weighted by atomic mass is 79.9. The Labute approximate surface area is 173 Å². The number of benzene rings is 1. The van der Waals surface area contributed by atoms with E-state index in [-0.39, 0.29) is 17.5 Å². The molecule has 5 nitrogen and oxygen atoms in total. The SMILES string of the molecule is CC(C)(C)n1cc(-c2ccnc(C(=O)NC3Cc4ccc(Br)cc4C3)c2)cn1. The van der Waals surface area contributed by atoms with Gasteiger partial charge in [-0.05, 0) is 74.6 Å². The smallest absolute Gasteiger partial charge is 0.270 e. The maximum atomic E-state index is 12.8. The molecular formula is C22H23BrN4O. The lowest BCUT2D eigenvalue weighted by atomic mass is 10.1. The van der Waals surface area contributed by atoms with Gasteiger partial charge in [-0.25, -0.2) is 0 Å². The van der Waals surface area contributed by atoms with Crippen molar-refractivity contribution < 1.29 is 4.79 Å². The second-order valence-corrected chi connectivity index (χ2v) is 9.18. The number of nitrogens with zero attached hydrogens (tertiary/aromatic N) is 3. The molecular weight excluding hydrogens is 416 g/mol. The third-order valence-electron chi connectivity index (χ3n) is 5.03. The van der Waals surface area contributed by atoms with E-state index >= 15 is 0 Å². The molecule has 2 heterocycles. The van der Waals surface area contributed by atoms with Crippen LogP contribution in [0.15, 0.2) is 53.4 Å². The van der Waals surface area contributed by atoms with Gasteiger partial charge in [-0.1, -0.05) is 22.0 Å². The molecule has 1 aromatic carbocycles. The molecule has 6 heteroatoms. The molecule has 1 atom stereocenters. The van der Waals surface area contributed by atoms with Crippen molar-refractivity contribution in [3.63, 3.8) is 0 Å². The van der Waals surface area contributed by atoms with E-state index < -0.39 is 0 Å². The molecule has 0 aliphatic heterocycles. The first-order valence-electron chi connectivity index (χ1n) is 9.39. The Morgan fingerprint density at radius 3 is 2.68 bits per heavy atom. The summed E-state index contributed by atoms with van der Waals surface area (Å²) in [4.78, 5) is 17.0. The van der Waals surface area contributed by atoms with Gasteiger partial charge in [0.15, 0.2) is 0 Å². The van der Waals surface area contributed by atoms with Crippen LogP contribution in [0, 0.1) is 0 Å². The summed E-state index contributed by atoms with van der Waals surface area (Å²) in [6.07, 6.45) is 7.21. The largest absolute Gasteiger partial charge is 0.347 e. The molecule has 1 unspecified atom stereocenters. The second kappa shape index (κ2) is 7.17. The Balaban J connectivity index is 1.49. The van der Waals surface area contributed by atoms with Gasteiger partial charge in [-0.3, -0.25) is 14.5 Å². The van der Waals surface area contributed by atoms with E-state index in [1.54, 1.807) is 6.20 Å². The highest BCUT2D eigenvalue weighted by molar-refractivity contribution is 9.10. The van der Waals surface area contributed by atoms with E-state index in [0.717, 1.165) is 28.4 Å². The lowest BCUT2D eigenvalue weighted by Crippen LogP contribution is -2.35. The molecule has 1 N–H and O–H groups in total. The second-order valence-electron chi connectivity index (χ2n) is 8.27. The summed E-state index contributed by atoms with van der Waals surface area (Å²) >= 11 is 3.51. The molecule has 4 rings (SSSR count). The molecule has 2 aromatic heterocycles. The van der Waals surface area contributed by atoms with E-state index in [0.29, 0.717) is 5.69 Å². The van der Waals surface area contributed by atoms with Crippen LogP contribution in [0.5, 0.6) is 0 Å². The molecule has 28 heavy (non-hydrogen) atoms. The first kappa shape index (κ1) is 18.9. The van der Waals surface area contributed by atoms with Crippen LogP contribution in [-0.2, 0) is 18.4 Å². The van der Waals surface area contributed by atoms with Crippen molar-refractivity contribution in [3.8, 4) is 11.1 Å². The molecule has 0 saturated carbocycles. The first-order chi connectivity index (χ1) is 13.3. The average molecular weight is 439 g/mol. The third-order valence-corrected chi connectivity index (χ3v) is 5.53. The lowest BCUT2D eigenvalue weighted by Gasteiger charge is -2.18. The topological polar surface area (TPSA) is 59.8 Å². The number of nitrogens with one attached hydrogen (secondary N) is 1. The predicted octanol–water partition coefficient (Wildman–Crippen LogP) is 4.36. The Kier molecular flexibility index (Phi) is 4.83. The van der Waals surface area contributed by atoms with Gasteiger partial charge in [-0.15, -0.1) is 0 Å². The van der Waals surface area contributed by atoms with Crippen LogP contribution in [-0.4, -0.2) is 26.7 Å². The molecule has 1 aliphatic carbocycles. The van der Waals surface area contributed by atoms with Crippen molar-refractivity contribution in [2.24, 2.45) is 0 Å². The van der Waals surface area contributed by atoms with Crippen molar-refractivity contribution in [3.05, 3.63) is 70.2 Å². The molecule has 1 aliphatic rings. The monoisotopic (exact) mass is 438 g/mol. The van der Waals surface area contributed by atoms with E-state index in [1.807, 2.05) is 35.3 Å². The van der Waals surface area contributed by atoms with Crippen LogP contribution < -0.4 is 5.32 Å². The fourth-order valence-corrected chi connectivity index (χ4v) is 3.93. The highest BCUT2D eigenvalue weighted by Gasteiger charge is 2.24. The summed E-state index contributed by atoms with van der Waals surface area (Å²) in [5.41, 5.74) is 4.84. The number of aromatic nitrogens is 3. The quantitative estimate of drug-likeness (QED) is 0.660. The van der Waals surface area contributed by atoms with Gasteiger partial charge in [0.25, 0.3) is 5.91 Å². The summed E-state index contributed by atoms with van der Waals surface area (Å²) < 4.78 is 3.00. The number of halogens is 1. The fraction of sp³-hybridized carbons (Fsp3) is 0.318. The van der Waals surface area contributed by atoms with Gasteiger partial charge in [0.1, 0.15) is 5.69 Å². The van der Waals surface area contributed by atoms with Crippen LogP contribution in [0.3, 0.4) is 0 Å². The molecule has 0 radical (unpaired) electrons. The van der Waals surface area contributed by atoms with Crippen molar-refractivity contribution >= 4 is 21.8 Å². The summed E-state index contributed by atoms with van der Waals surface area (Å²) in [6, 6.07) is 10.1. The average Bonchev–Trinajstić information content (AvgIpc) is 3.28. The number of hydrogen-bond donors (Lipinski definition) is 1. The van der Waals surface area contributed by atoms with E-state index in [9.17, 15) is 4.79 Å². The van der Waals surface area contributed by atoms with Crippen LogP contribution in [0.1, 0.15) is 42.4 Å². The number of hydrogen-bond acceptors (Lipinski definition) is 3. The van der Waals surface area contributed by atoms with Gasteiger partial charge in [0.2, 0.25) is 0 Å². The standard InChI is InChI=1S/C22H23BrN4O/c1-22(2,3)27-13-17(12-25-27)15-6-7-24-20(11-15)21(28)26-19-9-14-4-5-18(23)8-16(14)10-19/h4-8,11-13,19H,9-10H2,1-3H3,(H,26,28). The summed E-state index contributed by atoms with van der Waals surface area (Å²) in [5.74, 6) is -0.137. The molecule has 0 saturated heterocycles. The Hall–Kier alpha value is -2.47. The van der Waals surface area contributed by atoms with Crippen molar-refractivity contribution in [2.75, 3.05) is 0 Å². The summed E-state index contributed by atoms with van der Waals surface area (Å²) in [5, 5.41) is 7.58. The van der Waals surface area contributed by atoms with Crippen molar-refractivity contribution in [2.45, 2.75) is 45.2 Å². The minimum Gasteiger partial charge on any atom is -0.347 e. The molecule has 0 spiro atoms. The highest BCUT2D eigenvalue weighted by Crippen LogP contribution is 2.26. The van der Waals surface area contributed by atoms with Gasteiger partial charge >= 0.3 is 0 Å². The van der Waals surface area contributed by atoms with E-state index in [4.69, 9.17) is 0 Å². The molecule has 0 fully saturated rings. The fourth-order valence-electron chi connectivity index (χ4n) is 3.52. The van der Waals surface area contributed by atoms with Gasteiger partial charge in [0.05, 0.1) is 11.7 Å². The Morgan fingerprint density at radius 1 is 1.14 bits per heavy atom. The van der Waals surface area contributed by atoms with Gasteiger partial charge < -0.3 is 5.32 Å². The zero-order valence-corrected chi connectivity index (χ0v) is 17.8. The summed E-state index contributed by atoms with van der Waals surface area (Å²) in [7, 11) is 0. The van der Waals surface area contributed by atoms with E-state index in [2.05, 4.69) is 64.2 Å². The predicted molar refractivity (Wildman–Crippen MR) is 113 cm³/mol. The van der Waals surface area contributed by atoms with Crippen LogP contribution in [0.2, 0.25) is 0 Å². The normalized spacial score (nSPS) is 16.1. The Morgan fingerprint density at radius 2 is 1.93 bits per heavy atom. The zero-order chi connectivity index (χ0) is 19.9. The first-order valence-corrected chi connectivity index (χ1v) is 10.2. The molecule has 0 bridgehead atoms. The zero-order valence-electron chi connectivity index (χ0n) is 16.2.